The summed E-state index contributed by atoms with van der Waals surface area (Å²) >= 11 is 0. The lowest BCUT2D eigenvalue weighted by Gasteiger charge is -2.34. The maximum Gasteiger partial charge on any atom is 0.0610 e. The minimum absolute atomic E-state index is 0.470. The Hall–Kier alpha value is -2.11. The van der Waals surface area contributed by atoms with E-state index in [0.29, 0.717) is 6.04 Å². The molecule has 2 nitrogen and oxygen atoms in total. The standard InChI is InChI=1S/C19H20N2/c1-2-8-17(9-3-1)10-7-15-21-14-5-4-12-19(21)18-11-6-13-20-16-18/h1-3,6,8-9,11,13,16,19H,4-5,12,14-15H2. The Balaban J connectivity index is 1.69. The fourth-order valence-electron chi connectivity index (χ4n) is 2.90. The number of hydrogen-bond donors (Lipinski definition) is 0. The molecule has 1 unspecified atom stereocenters. The number of likely N-dealkylation sites (tertiary alicyclic amines) is 1. The van der Waals surface area contributed by atoms with Gasteiger partial charge in [0.1, 0.15) is 0 Å². The Morgan fingerprint density at radius 2 is 2.00 bits per heavy atom. The summed E-state index contributed by atoms with van der Waals surface area (Å²) in [6.07, 6.45) is 7.60. The largest absolute Gasteiger partial charge is 0.285 e. The highest BCUT2D eigenvalue weighted by molar-refractivity contribution is 5.34. The van der Waals surface area contributed by atoms with E-state index in [2.05, 4.69) is 39.9 Å². The summed E-state index contributed by atoms with van der Waals surface area (Å²) in [7, 11) is 0. The second-order valence-electron chi connectivity index (χ2n) is 5.44. The average molecular weight is 276 g/mol. The molecule has 1 aliphatic heterocycles. The topological polar surface area (TPSA) is 16.1 Å². The maximum atomic E-state index is 4.26. The van der Waals surface area contributed by atoms with Crippen LogP contribution in [0.5, 0.6) is 0 Å². The second kappa shape index (κ2) is 7.06. The van der Waals surface area contributed by atoms with Gasteiger partial charge in [-0.15, -0.1) is 0 Å². The molecule has 0 bridgehead atoms. The van der Waals surface area contributed by atoms with Crippen LogP contribution in [0.25, 0.3) is 0 Å². The number of nitrogens with zero attached hydrogens (tertiary/aromatic N) is 2. The molecule has 2 aromatic rings. The first kappa shape index (κ1) is 13.9. The highest BCUT2D eigenvalue weighted by Crippen LogP contribution is 2.29. The zero-order chi connectivity index (χ0) is 14.3. The third-order valence-corrected chi connectivity index (χ3v) is 3.97. The van der Waals surface area contributed by atoms with Gasteiger partial charge < -0.3 is 0 Å². The van der Waals surface area contributed by atoms with E-state index in [4.69, 9.17) is 0 Å². The summed E-state index contributed by atoms with van der Waals surface area (Å²) < 4.78 is 0. The molecule has 1 aromatic carbocycles. The molecule has 1 fully saturated rings. The van der Waals surface area contributed by atoms with Crippen molar-refractivity contribution in [2.75, 3.05) is 13.1 Å². The summed E-state index contributed by atoms with van der Waals surface area (Å²) in [5.41, 5.74) is 2.41. The second-order valence-corrected chi connectivity index (χ2v) is 5.44. The van der Waals surface area contributed by atoms with Crippen molar-refractivity contribution in [2.45, 2.75) is 25.3 Å². The number of aromatic nitrogens is 1. The van der Waals surface area contributed by atoms with E-state index < -0.39 is 0 Å². The van der Waals surface area contributed by atoms with Crippen molar-refractivity contribution < 1.29 is 0 Å². The van der Waals surface area contributed by atoms with Gasteiger partial charge in [0.15, 0.2) is 0 Å². The third-order valence-electron chi connectivity index (χ3n) is 3.97. The van der Waals surface area contributed by atoms with Gasteiger partial charge >= 0.3 is 0 Å². The number of rotatable bonds is 2. The fraction of sp³-hybridized carbons (Fsp3) is 0.316. The molecule has 3 rings (SSSR count). The minimum Gasteiger partial charge on any atom is -0.285 e. The Labute approximate surface area is 126 Å². The zero-order valence-corrected chi connectivity index (χ0v) is 12.2. The molecule has 2 heterocycles. The monoisotopic (exact) mass is 276 g/mol. The van der Waals surface area contributed by atoms with E-state index in [-0.39, 0.29) is 0 Å². The van der Waals surface area contributed by atoms with Crippen LogP contribution in [0.4, 0.5) is 0 Å². The molecule has 0 radical (unpaired) electrons. The third kappa shape index (κ3) is 3.71. The highest BCUT2D eigenvalue weighted by Gasteiger charge is 2.22. The van der Waals surface area contributed by atoms with Gasteiger partial charge in [0.2, 0.25) is 0 Å². The van der Waals surface area contributed by atoms with Gasteiger partial charge in [-0.25, -0.2) is 0 Å². The van der Waals surface area contributed by atoms with E-state index >= 15 is 0 Å². The molecular weight excluding hydrogens is 256 g/mol. The van der Waals surface area contributed by atoms with Crippen LogP contribution in [-0.4, -0.2) is 23.0 Å². The van der Waals surface area contributed by atoms with Gasteiger partial charge in [-0.3, -0.25) is 9.88 Å². The summed E-state index contributed by atoms with van der Waals surface area (Å²) in [5, 5.41) is 0. The molecular formula is C19H20N2. The van der Waals surface area contributed by atoms with Gasteiger partial charge in [0.05, 0.1) is 6.54 Å². The highest BCUT2D eigenvalue weighted by atomic mass is 15.2. The van der Waals surface area contributed by atoms with Crippen LogP contribution < -0.4 is 0 Å². The molecule has 1 atom stereocenters. The van der Waals surface area contributed by atoms with Crippen molar-refractivity contribution in [3.05, 3.63) is 66.0 Å². The van der Waals surface area contributed by atoms with Gasteiger partial charge in [-0.05, 0) is 43.1 Å². The van der Waals surface area contributed by atoms with Crippen molar-refractivity contribution in [1.29, 1.82) is 0 Å². The first-order valence-corrected chi connectivity index (χ1v) is 7.61. The van der Waals surface area contributed by atoms with E-state index in [1.807, 2.05) is 36.7 Å². The lowest BCUT2D eigenvalue weighted by molar-refractivity contribution is 0.169. The first-order chi connectivity index (χ1) is 10.4. The van der Waals surface area contributed by atoms with Crippen LogP contribution in [0.2, 0.25) is 0 Å². The van der Waals surface area contributed by atoms with Crippen molar-refractivity contribution >= 4 is 0 Å². The SMILES string of the molecule is C(#Cc1ccccc1)CN1CCCCC1c1cccnc1. The molecule has 1 saturated heterocycles. The molecule has 21 heavy (non-hydrogen) atoms. The Kier molecular flexibility index (Phi) is 4.66. The van der Waals surface area contributed by atoms with Gasteiger partial charge in [0.25, 0.3) is 0 Å². The normalized spacial score (nSPS) is 18.8. The Morgan fingerprint density at radius 1 is 1.10 bits per heavy atom. The van der Waals surface area contributed by atoms with Crippen LogP contribution in [0.1, 0.15) is 36.4 Å². The molecule has 1 aliphatic rings. The van der Waals surface area contributed by atoms with Crippen molar-refractivity contribution in [1.82, 2.24) is 9.88 Å². The molecule has 0 N–H and O–H groups in total. The molecule has 0 amide bonds. The van der Waals surface area contributed by atoms with Crippen molar-refractivity contribution in [3.63, 3.8) is 0 Å². The quantitative estimate of drug-likeness (QED) is 0.778. The average Bonchev–Trinajstić information content (AvgIpc) is 2.57. The molecule has 1 aromatic heterocycles. The van der Waals surface area contributed by atoms with Crippen LogP contribution in [0.3, 0.4) is 0 Å². The molecule has 106 valence electrons. The molecule has 0 saturated carbocycles. The van der Waals surface area contributed by atoms with Crippen molar-refractivity contribution in [3.8, 4) is 11.8 Å². The van der Waals surface area contributed by atoms with Gasteiger partial charge in [-0.1, -0.05) is 42.5 Å². The van der Waals surface area contributed by atoms with Crippen LogP contribution in [-0.2, 0) is 0 Å². The summed E-state index contributed by atoms with van der Waals surface area (Å²) in [5.74, 6) is 6.58. The predicted octanol–water partition coefficient (Wildman–Crippen LogP) is 3.66. The summed E-state index contributed by atoms with van der Waals surface area (Å²) in [6.45, 7) is 1.96. The molecule has 0 spiro atoms. The van der Waals surface area contributed by atoms with Crippen molar-refractivity contribution in [2.24, 2.45) is 0 Å². The lowest BCUT2D eigenvalue weighted by atomic mass is 9.96. The summed E-state index contributed by atoms with van der Waals surface area (Å²) in [6, 6.07) is 14.9. The Bertz CT molecular complexity index is 610. The summed E-state index contributed by atoms with van der Waals surface area (Å²) in [4.78, 5) is 6.74. The van der Waals surface area contributed by atoms with Crippen LogP contribution in [0.15, 0.2) is 54.9 Å². The predicted molar refractivity (Wildman–Crippen MR) is 85.7 cm³/mol. The number of piperidine rings is 1. The zero-order valence-electron chi connectivity index (χ0n) is 12.2. The number of pyridine rings is 1. The molecule has 2 heteroatoms. The molecule has 0 aliphatic carbocycles. The van der Waals surface area contributed by atoms with Gasteiger partial charge in [-0.2, -0.15) is 0 Å². The number of benzene rings is 1. The smallest absolute Gasteiger partial charge is 0.0610 e. The van der Waals surface area contributed by atoms with Crippen LogP contribution >= 0.6 is 0 Å². The number of hydrogen-bond acceptors (Lipinski definition) is 2. The lowest BCUT2D eigenvalue weighted by Crippen LogP contribution is -2.33. The van der Waals surface area contributed by atoms with E-state index in [9.17, 15) is 0 Å². The minimum atomic E-state index is 0.470. The van der Waals surface area contributed by atoms with Gasteiger partial charge in [0, 0.05) is 24.0 Å². The Morgan fingerprint density at radius 3 is 2.81 bits per heavy atom. The fourth-order valence-corrected chi connectivity index (χ4v) is 2.90. The van der Waals surface area contributed by atoms with E-state index in [1.54, 1.807) is 0 Å². The van der Waals surface area contributed by atoms with Crippen LogP contribution in [0, 0.1) is 11.8 Å². The first-order valence-electron chi connectivity index (χ1n) is 7.61. The maximum absolute atomic E-state index is 4.26. The van der Waals surface area contributed by atoms with E-state index in [1.165, 1.54) is 24.8 Å². The van der Waals surface area contributed by atoms with E-state index in [0.717, 1.165) is 18.7 Å².